The molecule has 0 saturated carbocycles. The number of rotatable bonds is 0. The van der Waals surface area contributed by atoms with E-state index in [1.165, 1.54) is 0 Å². The Morgan fingerprint density at radius 1 is 1.57 bits per heavy atom. The van der Waals surface area contributed by atoms with Crippen LogP contribution in [0.3, 0.4) is 0 Å². The van der Waals surface area contributed by atoms with Crippen molar-refractivity contribution in [1.29, 1.82) is 0 Å². The van der Waals surface area contributed by atoms with Gasteiger partial charge in [-0.05, 0) is 0 Å². The number of halogens is 1. The zero-order chi connectivity index (χ0) is 6.28. The van der Waals surface area contributed by atoms with E-state index in [0.29, 0.717) is 0 Å². The summed E-state index contributed by atoms with van der Waals surface area (Å²) in [7, 11) is -2.87. The molecular formula is H3ClO5P+. The molecule has 0 amide bonds. The Morgan fingerprint density at radius 3 is 1.57 bits per heavy atom. The van der Waals surface area contributed by atoms with Crippen molar-refractivity contribution in [2.24, 2.45) is 0 Å². The first-order valence-corrected chi connectivity index (χ1v) is 2.72. The standard InChI is InChI=1S/ClHO2.HO3P/c2-1-3;1-4(2)3/h2H;(H-,1,2,3)/p+1. The molecule has 0 aromatic carbocycles. The first-order valence-electron chi connectivity index (χ1n) is 0.906. The van der Waals surface area contributed by atoms with Gasteiger partial charge in [0.2, 0.25) is 0 Å². The quantitative estimate of drug-likeness (QED) is 0.342. The lowest BCUT2D eigenvalue weighted by atomic mass is 15.8. The largest absolute Gasteiger partial charge is 0.692 e. The van der Waals surface area contributed by atoms with Crippen LogP contribution in [0.2, 0.25) is 0 Å². The highest BCUT2D eigenvalue weighted by Crippen LogP contribution is 1.98. The second-order valence-corrected chi connectivity index (χ2v) is 0.965. The molecule has 0 aromatic rings. The molecule has 44 valence electrons. The van der Waals surface area contributed by atoms with Crippen LogP contribution >= 0.6 is 8.25 Å². The predicted molar refractivity (Wildman–Crippen MR) is 14.3 cm³/mol. The molecule has 0 aliphatic rings. The Labute approximate surface area is 44.2 Å². The van der Waals surface area contributed by atoms with Crippen molar-refractivity contribution >= 4 is 8.25 Å². The maximum Gasteiger partial charge on any atom is 0.692 e. The fourth-order valence-electron chi connectivity index (χ4n) is 0. The molecule has 5 nitrogen and oxygen atoms in total. The summed E-state index contributed by atoms with van der Waals surface area (Å²) < 4.78 is 23.9. The third kappa shape index (κ3) is 2110. The monoisotopic (exact) mass is 149 g/mol. The first-order chi connectivity index (χ1) is 3.15. The minimum Gasteiger partial charge on any atom is -0.506 e. The Morgan fingerprint density at radius 2 is 1.57 bits per heavy atom. The number of hydrogen-bond donors (Lipinski definition) is 3. The molecular weight excluding hydrogens is 146 g/mol. The topological polar surface area (TPSA) is 101 Å². The van der Waals surface area contributed by atoms with Crippen LogP contribution in [0.25, 0.3) is 0 Å². The second kappa shape index (κ2) is 9.52. The average Bonchev–Trinajstić information content (AvgIpc) is 1.33. The Bertz CT molecular complexity index is 39.3. The molecule has 0 rings (SSSR count). The van der Waals surface area contributed by atoms with Crippen molar-refractivity contribution in [3.63, 3.8) is 0 Å². The Hall–Kier alpha value is 0.230. The zero-order valence-corrected chi connectivity index (χ0v) is 4.63. The van der Waals surface area contributed by atoms with Crippen LogP contribution in [0, 0.1) is 11.3 Å². The van der Waals surface area contributed by atoms with E-state index in [1.807, 2.05) is 0 Å². The van der Waals surface area contributed by atoms with Gasteiger partial charge in [-0.2, -0.15) is 0 Å². The van der Waals surface area contributed by atoms with E-state index in [9.17, 15) is 0 Å². The fraction of sp³-hybridized carbons (Fsp3) is 0. The molecule has 7 heteroatoms. The second-order valence-electron chi connectivity index (χ2n) is 0.322. The van der Waals surface area contributed by atoms with Crippen molar-refractivity contribution in [3.05, 3.63) is 0 Å². The van der Waals surface area contributed by atoms with Gasteiger partial charge in [0.15, 0.2) is 0 Å². The van der Waals surface area contributed by atoms with E-state index in [0.717, 1.165) is 0 Å². The molecule has 0 bridgehead atoms. The maximum absolute atomic E-state index is 8.70. The smallest absolute Gasteiger partial charge is 0.506 e. The molecule has 0 heterocycles. The maximum atomic E-state index is 8.70. The SMILES string of the molecule is O=[P+](O)O.[O-][Cl+]O. The lowest BCUT2D eigenvalue weighted by molar-refractivity contribution is -1.27. The van der Waals surface area contributed by atoms with Crippen molar-refractivity contribution in [3.8, 4) is 0 Å². The van der Waals surface area contributed by atoms with E-state index < -0.39 is 8.25 Å². The van der Waals surface area contributed by atoms with E-state index in [-0.39, 0.29) is 11.3 Å². The summed E-state index contributed by atoms with van der Waals surface area (Å²) in [5, 5.41) is 0. The van der Waals surface area contributed by atoms with Crippen LogP contribution in [0.15, 0.2) is 0 Å². The molecule has 0 radical (unpaired) electrons. The van der Waals surface area contributed by atoms with Crippen molar-refractivity contribution in [2.45, 2.75) is 0 Å². The summed E-state index contributed by atoms with van der Waals surface area (Å²) in [6, 6.07) is 0. The fourth-order valence-corrected chi connectivity index (χ4v) is 0. The van der Waals surface area contributed by atoms with Gasteiger partial charge in [-0.3, -0.25) is 0 Å². The normalized spacial score (nSPS) is 6.29. The van der Waals surface area contributed by atoms with Gasteiger partial charge in [0.25, 0.3) is 0 Å². The van der Waals surface area contributed by atoms with Crippen LogP contribution < -0.4 is 4.66 Å². The molecule has 0 fully saturated rings. The highest BCUT2D eigenvalue weighted by Gasteiger charge is 1.93. The van der Waals surface area contributed by atoms with Crippen LogP contribution in [0.4, 0.5) is 0 Å². The van der Waals surface area contributed by atoms with Gasteiger partial charge in [-0.25, -0.2) is 0 Å². The first kappa shape index (κ1) is 10.3. The van der Waals surface area contributed by atoms with E-state index in [1.54, 1.807) is 0 Å². The lowest BCUT2D eigenvalue weighted by Crippen LogP contribution is -1.94. The third-order valence-corrected chi connectivity index (χ3v) is 0. The highest BCUT2D eigenvalue weighted by atomic mass is 35.6. The van der Waals surface area contributed by atoms with Gasteiger partial charge >= 0.3 is 19.6 Å². The molecule has 3 N–H and O–H groups in total. The summed E-state index contributed by atoms with van der Waals surface area (Å²) in [5.41, 5.74) is 0. The molecule has 0 saturated heterocycles. The van der Waals surface area contributed by atoms with E-state index in [4.69, 9.17) is 23.7 Å². The zero-order valence-electron chi connectivity index (χ0n) is 2.98. The minimum absolute atomic E-state index is 0.167. The minimum atomic E-state index is -2.87. The average molecular weight is 149 g/mol. The summed E-state index contributed by atoms with van der Waals surface area (Å²) in [6.45, 7) is 0. The van der Waals surface area contributed by atoms with E-state index >= 15 is 0 Å². The highest BCUT2D eigenvalue weighted by molar-refractivity contribution is 7.30. The third-order valence-electron chi connectivity index (χ3n) is 0. The number of hydrogen-bond acceptors (Lipinski definition) is 3. The van der Waals surface area contributed by atoms with Crippen molar-refractivity contribution < 1.29 is 35.0 Å². The van der Waals surface area contributed by atoms with Gasteiger partial charge in [0.05, 0.1) is 0 Å². The Balaban J connectivity index is 0. The van der Waals surface area contributed by atoms with Crippen LogP contribution in [0.1, 0.15) is 0 Å². The van der Waals surface area contributed by atoms with Gasteiger partial charge in [-0.15, -0.1) is 14.4 Å². The molecule has 0 spiro atoms. The van der Waals surface area contributed by atoms with Gasteiger partial charge in [0.1, 0.15) is 0 Å². The molecule has 0 aliphatic carbocycles. The van der Waals surface area contributed by atoms with Crippen molar-refractivity contribution in [1.82, 2.24) is 0 Å². The molecule has 0 atom stereocenters. The summed E-state index contributed by atoms with van der Waals surface area (Å²) in [5.74, 6) is 0. The van der Waals surface area contributed by atoms with Crippen LogP contribution in [-0.4, -0.2) is 14.4 Å². The van der Waals surface area contributed by atoms with Crippen LogP contribution in [-0.2, 0) is 4.57 Å². The van der Waals surface area contributed by atoms with E-state index in [2.05, 4.69) is 0 Å². The Kier molecular flexibility index (Phi) is 14.0. The molecule has 0 aliphatic heterocycles. The molecule has 0 unspecified atom stereocenters. The summed E-state index contributed by atoms with van der Waals surface area (Å²) in [4.78, 5) is 14.2. The van der Waals surface area contributed by atoms with Gasteiger partial charge in [0, 0.05) is 4.57 Å². The summed E-state index contributed by atoms with van der Waals surface area (Å²) >= 11 is -0.167. The summed E-state index contributed by atoms with van der Waals surface area (Å²) in [6.07, 6.45) is 0. The van der Waals surface area contributed by atoms with Gasteiger partial charge in [-0.1, -0.05) is 0 Å². The van der Waals surface area contributed by atoms with Crippen molar-refractivity contribution in [2.75, 3.05) is 0 Å². The molecule has 7 heavy (non-hydrogen) atoms. The predicted octanol–water partition coefficient (Wildman–Crippen LogP) is -2.12. The van der Waals surface area contributed by atoms with Crippen LogP contribution in [0.5, 0.6) is 0 Å². The molecule has 0 aromatic heterocycles. The lowest BCUT2D eigenvalue weighted by Gasteiger charge is -1.46. The van der Waals surface area contributed by atoms with Gasteiger partial charge < -0.3 is 4.66 Å².